The minimum atomic E-state index is -0.556. The Balaban J connectivity index is 0.000000182. The summed E-state index contributed by atoms with van der Waals surface area (Å²) in [6.07, 6.45) is 3.41. The van der Waals surface area contributed by atoms with Crippen LogP contribution in [0.25, 0.3) is 21.8 Å². The maximum atomic E-state index is 14.1. The third-order valence-electron chi connectivity index (χ3n) is 8.65. The molecule has 4 aromatic rings. The van der Waals surface area contributed by atoms with Gasteiger partial charge >= 0.3 is 14.2 Å². The Morgan fingerprint density at radius 1 is 0.595 bits per heavy atom. The van der Waals surface area contributed by atoms with Gasteiger partial charge in [0.15, 0.2) is 0 Å². The highest BCUT2D eigenvalue weighted by atomic mass is 19.1. The van der Waals surface area contributed by atoms with Crippen molar-refractivity contribution in [3.63, 3.8) is 0 Å². The van der Waals surface area contributed by atoms with Gasteiger partial charge < -0.3 is 18.6 Å². The molecule has 0 atom stereocenters. The molecule has 0 bridgehead atoms. The van der Waals surface area contributed by atoms with E-state index >= 15 is 0 Å². The van der Waals surface area contributed by atoms with E-state index in [0.717, 1.165) is 27.3 Å². The van der Waals surface area contributed by atoms with Crippen molar-refractivity contribution in [2.45, 2.75) is 98.6 Å². The molecule has 6 rings (SSSR count). The number of aromatic nitrogens is 2. The third-order valence-corrected chi connectivity index (χ3v) is 8.65. The molecule has 2 aliphatic heterocycles. The zero-order valence-electron chi connectivity index (χ0n) is 26.8. The standard InChI is InChI=1S/C16H20BNO2.C15H17BFNO2.C2H6/c1-11-9-13(10-12-7-6-8-18-14(11)12)17-19-15(2,3)16(4,5)20-17;1-14(2)15(3,4)20-16(19-14)11-8-10-6-5-7-18-13(10)12(17)9-11;1-2/h6-10H,1-5H3;5-9H,1-4H3;1-2H3. The van der Waals surface area contributed by atoms with Crippen LogP contribution in [0.2, 0.25) is 0 Å². The number of nitrogens with zero attached hydrogens (tertiary/aromatic N) is 2. The second kappa shape index (κ2) is 11.7. The molecule has 2 aromatic carbocycles. The fourth-order valence-corrected chi connectivity index (χ4v) is 4.80. The van der Waals surface area contributed by atoms with Crippen LogP contribution in [0.5, 0.6) is 0 Å². The first-order valence-electron chi connectivity index (χ1n) is 14.7. The molecular weight excluding hydrogens is 529 g/mol. The Bertz CT molecular complexity index is 1430. The van der Waals surface area contributed by atoms with Gasteiger partial charge in [-0.3, -0.25) is 9.97 Å². The molecule has 9 heteroatoms. The van der Waals surface area contributed by atoms with E-state index in [1.54, 1.807) is 12.3 Å². The molecule has 4 heterocycles. The van der Waals surface area contributed by atoms with Crippen LogP contribution in [0.3, 0.4) is 0 Å². The minimum absolute atomic E-state index is 0.310. The highest BCUT2D eigenvalue weighted by molar-refractivity contribution is 6.62. The lowest BCUT2D eigenvalue weighted by atomic mass is 9.77. The molecule has 0 radical (unpaired) electrons. The number of fused-ring (bicyclic) bond motifs is 2. The highest BCUT2D eigenvalue weighted by Crippen LogP contribution is 2.37. The number of hydrogen-bond donors (Lipinski definition) is 0. The van der Waals surface area contributed by atoms with Crippen LogP contribution in [0, 0.1) is 12.7 Å². The van der Waals surface area contributed by atoms with E-state index in [2.05, 4.69) is 62.8 Å². The maximum absolute atomic E-state index is 14.1. The van der Waals surface area contributed by atoms with Crippen LogP contribution in [0.15, 0.2) is 60.9 Å². The molecule has 6 nitrogen and oxygen atoms in total. The lowest BCUT2D eigenvalue weighted by molar-refractivity contribution is 0.00578. The van der Waals surface area contributed by atoms with Gasteiger partial charge in [-0.05, 0) is 97.0 Å². The quantitative estimate of drug-likeness (QED) is 0.254. The second-order valence-electron chi connectivity index (χ2n) is 12.7. The second-order valence-corrected chi connectivity index (χ2v) is 12.7. The SMILES string of the molecule is CC.CC1(C)OB(c2cc(F)c3ncccc3c2)OC1(C)C.Cc1cc(B2OC(C)(C)C(C)(C)O2)cc2cccnc12. The lowest BCUT2D eigenvalue weighted by Crippen LogP contribution is -2.41. The van der Waals surface area contributed by atoms with E-state index in [0.29, 0.717) is 11.0 Å². The van der Waals surface area contributed by atoms with Gasteiger partial charge in [-0.15, -0.1) is 0 Å². The summed E-state index contributed by atoms with van der Waals surface area (Å²) in [6.45, 7) is 22.3. The first kappa shape index (κ1) is 32.1. The minimum Gasteiger partial charge on any atom is -0.399 e. The van der Waals surface area contributed by atoms with E-state index in [1.165, 1.54) is 6.07 Å². The molecule has 222 valence electrons. The Morgan fingerprint density at radius 2 is 0.976 bits per heavy atom. The molecule has 0 N–H and O–H groups in total. The van der Waals surface area contributed by atoms with Gasteiger partial charge in [0.05, 0.1) is 27.9 Å². The zero-order chi connectivity index (χ0) is 31.1. The first-order valence-corrected chi connectivity index (χ1v) is 14.7. The Morgan fingerprint density at radius 3 is 1.43 bits per heavy atom. The van der Waals surface area contributed by atoms with Crippen molar-refractivity contribution in [3.05, 3.63) is 72.3 Å². The fourth-order valence-electron chi connectivity index (χ4n) is 4.80. The Hall–Kier alpha value is -2.84. The van der Waals surface area contributed by atoms with Crippen molar-refractivity contribution < 1.29 is 23.0 Å². The van der Waals surface area contributed by atoms with Crippen molar-refractivity contribution in [1.82, 2.24) is 9.97 Å². The maximum Gasteiger partial charge on any atom is 0.494 e. The summed E-state index contributed by atoms with van der Waals surface area (Å²) in [7, 11) is -0.873. The topological polar surface area (TPSA) is 62.7 Å². The van der Waals surface area contributed by atoms with Crippen molar-refractivity contribution in [2.75, 3.05) is 0 Å². The molecule has 42 heavy (non-hydrogen) atoms. The normalized spacial score (nSPS) is 19.7. The summed E-state index contributed by atoms with van der Waals surface area (Å²) in [5.41, 5.74) is 2.80. The fraction of sp³-hybridized carbons (Fsp3) is 0.455. The first-order chi connectivity index (χ1) is 19.6. The van der Waals surface area contributed by atoms with Crippen LogP contribution >= 0.6 is 0 Å². The average molecular weight is 572 g/mol. The summed E-state index contributed by atoms with van der Waals surface area (Å²) in [6, 6.07) is 15.2. The molecular formula is C33H43B2FN2O4. The molecule has 2 saturated heterocycles. The van der Waals surface area contributed by atoms with Gasteiger partial charge in [0, 0.05) is 23.2 Å². The van der Waals surface area contributed by atoms with Crippen LogP contribution in [-0.2, 0) is 18.6 Å². The smallest absolute Gasteiger partial charge is 0.399 e. The summed E-state index contributed by atoms with van der Waals surface area (Å²) >= 11 is 0. The van der Waals surface area contributed by atoms with Crippen molar-refractivity contribution in [2.24, 2.45) is 0 Å². The summed E-state index contributed by atoms with van der Waals surface area (Å²) in [4.78, 5) is 8.47. The summed E-state index contributed by atoms with van der Waals surface area (Å²) in [5.74, 6) is -0.354. The van der Waals surface area contributed by atoms with Gasteiger partial charge in [-0.25, -0.2) is 4.39 Å². The third kappa shape index (κ3) is 6.11. The number of halogens is 1. The lowest BCUT2D eigenvalue weighted by Gasteiger charge is -2.32. The van der Waals surface area contributed by atoms with Gasteiger partial charge in [0.1, 0.15) is 11.3 Å². The molecule has 0 amide bonds. The average Bonchev–Trinajstić information content (AvgIpc) is 3.29. The number of benzene rings is 2. The van der Waals surface area contributed by atoms with E-state index in [1.807, 2.05) is 65.9 Å². The highest BCUT2D eigenvalue weighted by Gasteiger charge is 2.52. The molecule has 2 aromatic heterocycles. The van der Waals surface area contributed by atoms with Gasteiger partial charge in [-0.2, -0.15) is 0 Å². The molecule has 0 unspecified atom stereocenters. The largest absolute Gasteiger partial charge is 0.494 e. The Labute approximate surface area is 250 Å². The molecule has 0 saturated carbocycles. The van der Waals surface area contributed by atoms with Crippen molar-refractivity contribution in [3.8, 4) is 0 Å². The Kier molecular flexibility index (Phi) is 8.92. The number of rotatable bonds is 2. The number of hydrogen-bond acceptors (Lipinski definition) is 6. The van der Waals surface area contributed by atoms with Gasteiger partial charge in [0.2, 0.25) is 0 Å². The number of pyridine rings is 2. The van der Waals surface area contributed by atoms with E-state index < -0.39 is 18.3 Å². The van der Waals surface area contributed by atoms with Crippen molar-refractivity contribution >= 4 is 47.0 Å². The van der Waals surface area contributed by atoms with E-state index in [-0.39, 0.29) is 24.1 Å². The van der Waals surface area contributed by atoms with Crippen LogP contribution in [0.1, 0.15) is 74.8 Å². The van der Waals surface area contributed by atoms with E-state index in [9.17, 15) is 4.39 Å². The monoisotopic (exact) mass is 572 g/mol. The predicted molar refractivity (Wildman–Crippen MR) is 171 cm³/mol. The predicted octanol–water partition coefficient (Wildman–Crippen LogP) is 6.54. The van der Waals surface area contributed by atoms with Crippen LogP contribution in [-0.4, -0.2) is 46.6 Å². The van der Waals surface area contributed by atoms with Crippen LogP contribution in [0.4, 0.5) is 4.39 Å². The molecule has 0 aliphatic carbocycles. The summed E-state index contributed by atoms with van der Waals surface area (Å²) in [5, 5.41) is 1.87. The number of aryl methyl sites for hydroxylation is 1. The van der Waals surface area contributed by atoms with Gasteiger partial charge in [-0.1, -0.05) is 44.2 Å². The molecule has 2 fully saturated rings. The zero-order valence-corrected chi connectivity index (χ0v) is 26.8. The summed E-state index contributed by atoms with van der Waals surface area (Å²) < 4.78 is 38.2. The van der Waals surface area contributed by atoms with E-state index in [4.69, 9.17) is 18.6 Å². The van der Waals surface area contributed by atoms with Gasteiger partial charge in [0.25, 0.3) is 0 Å². The molecule has 2 aliphatic rings. The molecule has 0 spiro atoms. The van der Waals surface area contributed by atoms with Crippen molar-refractivity contribution in [1.29, 1.82) is 0 Å². The van der Waals surface area contributed by atoms with Crippen LogP contribution < -0.4 is 10.9 Å².